The van der Waals surface area contributed by atoms with E-state index in [0.717, 1.165) is 12.8 Å². The molecule has 0 aromatic carbocycles. The molecule has 1 unspecified atom stereocenters. The van der Waals surface area contributed by atoms with Crippen LogP contribution in [0.25, 0.3) is 0 Å². The molecule has 2 rings (SSSR count). The number of aliphatic hydroxyl groups excluding tert-OH is 1. The first-order chi connectivity index (χ1) is 9.51. The van der Waals surface area contributed by atoms with Crippen molar-refractivity contribution >= 4 is 10.0 Å². The van der Waals surface area contributed by atoms with E-state index < -0.39 is 10.0 Å². The second-order valence-electron chi connectivity index (χ2n) is 5.15. The third-order valence-corrected chi connectivity index (χ3v) is 4.99. The van der Waals surface area contributed by atoms with Crippen molar-refractivity contribution < 1.29 is 18.3 Å². The maximum absolute atomic E-state index is 12.3. The molecule has 1 aliphatic carbocycles. The van der Waals surface area contributed by atoms with E-state index >= 15 is 0 Å². The Kier molecular flexibility index (Phi) is 4.85. The molecule has 1 aromatic heterocycles. The average Bonchev–Trinajstić information content (AvgIpc) is 3.16. The lowest BCUT2D eigenvalue weighted by molar-refractivity contribution is 0.173. The Bertz CT molecular complexity index is 549. The van der Waals surface area contributed by atoms with Gasteiger partial charge in [-0.3, -0.25) is 0 Å². The lowest BCUT2D eigenvalue weighted by atomic mass is 10.3. The zero-order valence-electron chi connectivity index (χ0n) is 11.9. The molecule has 114 valence electrons. The lowest BCUT2D eigenvalue weighted by Gasteiger charge is -2.15. The summed E-state index contributed by atoms with van der Waals surface area (Å²) < 4.78 is 34.2. The molecule has 1 aromatic rings. The van der Waals surface area contributed by atoms with Gasteiger partial charge in [0, 0.05) is 31.1 Å². The first-order valence-electron chi connectivity index (χ1n) is 6.84. The van der Waals surface area contributed by atoms with E-state index in [1.165, 1.54) is 0 Å². The summed E-state index contributed by atoms with van der Waals surface area (Å²) in [6, 6.07) is 1.63. The Balaban J connectivity index is 2.20. The number of ether oxygens (including phenoxy) is 1. The fourth-order valence-electron chi connectivity index (χ4n) is 2.19. The Morgan fingerprint density at radius 1 is 1.55 bits per heavy atom. The minimum atomic E-state index is -3.57. The van der Waals surface area contributed by atoms with Crippen LogP contribution in [0.4, 0.5) is 0 Å². The van der Waals surface area contributed by atoms with Crippen molar-refractivity contribution in [1.82, 2.24) is 9.29 Å². The quantitative estimate of drug-likeness (QED) is 0.751. The Hall–Kier alpha value is -0.890. The van der Waals surface area contributed by atoms with Crippen molar-refractivity contribution in [3.8, 4) is 0 Å². The van der Waals surface area contributed by atoms with Crippen molar-refractivity contribution in [2.24, 2.45) is 0 Å². The number of nitrogens with zero attached hydrogens (tertiary/aromatic N) is 1. The first kappa shape index (κ1) is 15.5. The second kappa shape index (κ2) is 6.26. The number of nitrogens with one attached hydrogen (secondary N) is 1. The lowest BCUT2D eigenvalue weighted by Crippen LogP contribution is -2.37. The molecule has 0 spiro atoms. The van der Waals surface area contributed by atoms with Gasteiger partial charge in [-0.15, -0.1) is 0 Å². The normalized spacial score (nSPS) is 17.4. The number of hydrogen-bond acceptors (Lipinski definition) is 4. The maximum atomic E-state index is 12.3. The zero-order valence-corrected chi connectivity index (χ0v) is 12.7. The molecule has 1 atom stereocenters. The molecule has 6 nitrogen and oxygen atoms in total. The van der Waals surface area contributed by atoms with E-state index in [1.807, 2.05) is 11.5 Å². The van der Waals surface area contributed by atoms with E-state index in [-0.39, 0.29) is 17.5 Å². The Morgan fingerprint density at radius 2 is 2.25 bits per heavy atom. The van der Waals surface area contributed by atoms with Crippen LogP contribution in [0.2, 0.25) is 0 Å². The summed E-state index contributed by atoms with van der Waals surface area (Å²) in [5, 5.41) is 9.33. The number of rotatable bonds is 8. The monoisotopic (exact) mass is 302 g/mol. The first-order valence-corrected chi connectivity index (χ1v) is 8.33. The second-order valence-corrected chi connectivity index (χ2v) is 6.86. The summed E-state index contributed by atoms with van der Waals surface area (Å²) in [6.07, 6.45) is 4.35. The fraction of sp³-hybridized carbons (Fsp3) is 0.692. The van der Waals surface area contributed by atoms with Gasteiger partial charge in [0.25, 0.3) is 0 Å². The molecule has 0 radical (unpaired) electrons. The summed E-state index contributed by atoms with van der Waals surface area (Å²) in [6.45, 7) is 2.09. The van der Waals surface area contributed by atoms with Crippen LogP contribution in [0.15, 0.2) is 17.2 Å². The molecule has 0 aliphatic heterocycles. The van der Waals surface area contributed by atoms with Crippen LogP contribution in [0.1, 0.15) is 37.9 Å². The predicted molar refractivity (Wildman–Crippen MR) is 74.9 cm³/mol. The van der Waals surface area contributed by atoms with Crippen LogP contribution < -0.4 is 4.72 Å². The smallest absolute Gasteiger partial charge is 0.242 e. The minimum absolute atomic E-state index is 0.151. The summed E-state index contributed by atoms with van der Waals surface area (Å²) in [5.41, 5.74) is 0.646. The predicted octanol–water partition coefficient (Wildman–Crippen LogP) is 1.02. The Labute approximate surface area is 119 Å². The number of methoxy groups -OCH3 is 1. The SMILES string of the molecule is CCC(COC)NS(=O)(=O)c1cc(CO)n(C2CC2)c1. The highest BCUT2D eigenvalue weighted by Crippen LogP contribution is 2.37. The third-order valence-electron chi connectivity index (χ3n) is 3.50. The van der Waals surface area contributed by atoms with Gasteiger partial charge in [0.15, 0.2) is 0 Å². The number of hydrogen-bond donors (Lipinski definition) is 2. The van der Waals surface area contributed by atoms with E-state index in [0.29, 0.717) is 24.8 Å². The molecule has 1 heterocycles. The van der Waals surface area contributed by atoms with Gasteiger partial charge in [-0.1, -0.05) is 6.92 Å². The van der Waals surface area contributed by atoms with Gasteiger partial charge in [0.2, 0.25) is 10.0 Å². The number of aliphatic hydroxyl groups is 1. The topological polar surface area (TPSA) is 80.6 Å². The Morgan fingerprint density at radius 3 is 2.75 bits per heavy atom. The van der Waals surface area contributed by atoms with Crippen molar-refractivity contribution in [2.45, 2.75) is 49.8 Å². The maximum Gasteiger partial charge on any atom is 0.242 e. The van der Waals surface area contributed by atoms with Crippen molar-refractivity contribution in [1.29, 1.82) is 0 Å². The molecule has 1 saturated carbocycles. The fourth-order valence-corrected chi connectivity index (χ4v) is 3.54. The molecule has 2 N–H and O–H groups in total. The van der Waals surface area contributed by atoms with E-state index in [2.05, 4.69) is 4.72 Å². The van der Waals surface area contributed by atoms with Crippen molar-refractivity contribution in [2.75, 3.05) is 13.7 Å². The van der Waals surface area contributed by atoms with E-state index in [4.69, 9.17) is 4.74 Å². The zero-order chi connectivity index (χ0) is 14.8. The van der Waals surface area contributed by atoms with Crippen LogP contribution in [0, 0.1) is 0 Å². The van der Waals surface area contributed by atoms with Gasteiger partial charge in [0.1, 0.15) is 0 Å². The highest BCUT2D eigenvalue weighted by atomic mass is 32.2. The van der Waals surface area contributed by atoms with Crippen LogP contribution in [0.3, 0.4) is 0 Å². The molecule has 0 bridgehead atoms. The molecule has 1 aliphatic rings. The van der Waals surface area contributed by atoms with Gasteiger partial charge in [0.05, 0.1) is 18.1 Å². The van der Waals surface area contributed by atoms with Crippen LogP contribution in [0.5, 0.6) is 0 Å². The minimum Gasteiger partial charge on any atom is -0.390 e. The highest BCUT2D eigenvalue weighted by Gasteiger charge is 2.28. The molecule has 0 amide bonds. The summed E-state index contributed by atoms with van der Waals surface area (Å²) in [5.74, 6) is 0. The standard InChI is InChI=1S/C13H22N2O4S/c1-3-10(9-19-2)14-20(17,18)13-6-12(8-16)15(7-13)11-4-5-11/h6-7,10-11,14,16H,3-5,8-9H2,1-2H3. The molecule has 1 fully saturated rings. The summed E-state index contributed by atoms with van der Waals surface area (Å²) in [4.78, 5) is 0.211. The highest BCUT2D eigenvalue weighted by molar-refractivity contribution is 7.89. The van der Waals surface area contributed by atoms with Crippen LogP contribution in [-0.4, -0.2) is 37.8 Å². The molecule has 0 saturated heterocycles. The van der Waals surface area contributed by atoms with E-state index in [9.17, 15) is 13.5 Å². The van der Waals surface area contributed by atoms with Gasteiger partial charge in [-0.2, -0.15) is 0 Å². The molecular weight excluding hydrogens is 280 g/mol. The van der Waals surface area contributed by atoms with E-state index in [1.54, 1.807) is 19.4 Å². The van der Waals surface area contributed by atoms with Gasteiger partial charge < -0.3 is 14.4 Å². The number of sulfonamides is 1. The van der Waals surface area contributed by atoms with Crippen molar-refractivity contribution in [3.63, 3.8) is 0 Å². The molecule has 7 heteroatoms. The van der Waals surface area contributed by atoms with Crippen LogP contribution in [-0.2, 0) is 21.4 Å². The van der Waals surface area contributed by atoms with Crippen molar-refractivity contribution in [3.05, 3.63) is 18.0 Å². The van der Waals surface area contributed by atoms with Gasteiger partial charge in [-0.05, 0) is 25.3 Å². The molecular formula is C13H22N2O4S. The summed E-state index contributed by atoms with van der Waals surface area (Å²) in [7, 11) is -2.03. The van der Waals surface area contributed by atoms with Gasteiger partial charge >= 0.3 is 0 Å². The third kappa shape index (κ3) is 3.41. The summed E-state index contributed by atoms with van der Waals surface area (Å²) >= 11 is 0. The molecule has 20 heavy (non-hydrogen) atoms. The largest absolute Gasteiger partial charge is 0.390 e. The number of aromatic nitrogens is 1. The average molecular weight is 302 g/mol. The van der Waals surface area contributed by atoms with Gasteiger partial charge in [-0.25, -0.2) is 13.1 Å². The van der Waals surface area contributed by atoms with Crippen LogP contribution >= 0.6 is 0 Å².